The maximum Gasteiger partial charge on any atom is -0.0321 e. The van der Waals surface area contributed by atoms with Crippen molar-refractivity contribution in [3.05, 3.63) is 11.6 Å². The fourth-order valence-electron chi connectivity index (χ4n) is 1.43. The van der Waals surface area contributed by atoms with E-state index in [0.717, 1.165) is 5.92 Å². The Morgan fingerprint density at radius 1 is 1.25 bits per heavy atom. The normalized spacial score (nSPS) is 12.6. The van der Waals surface area contributed by atoms with Crippen LogP contribution >= 0.6 is 0 Å². The summed E-state index contributed by atoms with van der Waals surface area (Å²) in [6.07, 6.45) is 8.99. The van der Waals surface area contributed by atoms with E-state index in [1.165, 1.54) is 32.1 Å². The molecule has 0 bridgehead atoms. The molecular formula is C12H24. The number of rotatable bonds is 6. The third-order valence-corrected chi connectivity index (χ3v) is 2.39. The van der Waals surface area contributed by atoms with Crippen LogP contribution < -0.4 is 0 Å². The minimum Gasteiger partial charge on any atom is -0.0885 e. The van der Waals surface area contributed by atoms with Gasteiger partial charge in [-0.2, -0.15) is 0 Å². The van der Waals surface area contributed by atoms with Crippen LogP contribution in [0.15, 0.2) is 11.6 Å². The van der Waals surface area contributed by atoms with Crippen molar-refractivity contribution < 1.29 is 0 Å². The van der Waals surface area contributed by atoms with Gasteiger partial charge in [-0.25, -0.2) is 0 Å². The highest BCUT2D eigenvalue weighted by atomic mass is 14.0. The highest BCUT2D eigenvalue weighted by Crippen LogP contribution is 2.14. The summed E-state index contributed by atoms with van der Waals surface area (Å²) in [5.74, 6) is 0.876. The average Bonchev–Trinajstić information content (AvgIpc) is 2.04. The first-order valence-electron chi connectivity index (χ1n) is 5.34. The first-order valence-corrected chi connectivity index (χ1v) is 5.34. The van der Waals surface area contributed by atoms with Gasteiger partial charge in [0.15, 0.2) is 0 Å². The highest BCUT2D eigenvalue weighted by Gasteiger charge is 1.96. The van der Waals surface area contributed by atoms with Gasteiger partial charge in [-0.1, -0.05) is 45.3 Å². The van der Waals surface area contributed by atoms with E-state index in [9.17, 15) is 0 Å². The largest absolute Gasteiger partial charge is 0.0885 e. The maximum atomic E-state index is 2.30. The van der Waals surface area contributed by atoms with Crippen molar-refractivity contribution in [3.8, 4) is 0 Å². The minimum atomic E-state index is 0.876. The van der Waals surface area contributed by atoms with Crippen LogP contribution in [0.5, 0.6) is 0 Å². The Labute approximate surface area is 78.1 Å². The van der Waals surface area contributed by atoms with E-state index in [0.29, 0.717) is 0 Å². The lowest BCUT2D eigenvalue weighted by Gasteiger charge is -2.05. The van der Waals surface area contributed by atoms with Crippen molar-refractivity contribution >= 4 is 0 Å². The molecule has 0 saturated carbocycles. The van der Waals surface area contributed by atoms with Crippen molar-refractivity contribution in [2.75, 3.05) is 0 Å². The van der Waals surface area contributed by atoms with Crippen LogP contribution in [0, 0.1) is 5.92 Å². The second-order valence-electron chi connectivity index (χ2n) is 3.94. The molecule has 0 atom stereocenters. The van der Waals surface area contributed by atoms with Crippen molar-refractivity contribution in [3.63, 3.8) is 0 Å². The summed E-state index contributed by atoms with van der Waals surface area (Å²) in [5, 5.41) is 0. The standard InChI is InChI=1S/C12H24/c1-5-12(6-2)10-8-7-9-11(3)4/h5,11H,6-10H2,1-4H3. The van der Waals surface area contributed by atoms with Crippen molar-refractivity contribution in [2.24, 2.45) is 5.92 Å². The molecule has 72 valence electrons. The summed E-state index contributed by atoms with van der Waals surface area (Å²) >= 11 is 0. The third kappa shape index (κ3) is 6.45. The molecule has 0 aromatic carbocycles. The smallest absolute Gasteiger partial charge is 0.0321 e. The van der Waals surface area contributed by atoms with E-state index in [4.69, 9.17) is 0 Å². The molecule has 0 aromatic rings. The van der Waals surface area contributed by atoms with E-state index in [1.54, 1.807) is 5.57 Å². The maximum absolute atomic E-state index is 2.30. The van der Waals surface area contributed by atoms with E-state index >= 15 is 0 Å². The van der Waals surface area contributed by atoms with Crippen LogP contribution in [-0.2, 0) is 0 Å². The first kappa shape index (κ1) is 11.7. The predicted molar refractivity (Wildman–Crippen MR) is 57.4 cm³/mol. The van der Waals surface area contributed by atoms with Gasteiger partial charge < -0.3 is 0 Å². The molecule has 0 radical (unpaired) electrons. The molecule has 0 saturated heterocycles. The molecule has 0 nitrogen and oxygen atoms in total. The second kappa shape index (κ2) is 7.39. The highest BCUT2D eigenvalue weighted by molar-refractivity contribution is 4.98. The monoisotopic (exact) mass is 168 g/mol. The molecule has 0 aliphatic rings. The Morgan fingerprint density at radius 3 is 2.33 bits per heavy atom. The van der Waals surface area contributed by atoms with Gasteiger partial charge in [0.25, 0.3) is 0 Å². The topological polar surface area (TPSA) is 0 Å². The molecule has 0 rings (SSSR count). The van der Waals surface area contributed by atoms with Gasteiger partial charge in [0.1, 0.15) is 0 Å². The Kier molecular flexibility index (Phi) is 7.23. The SMILES string of the molecule is CC=C(CC)CCCCC(C)C. The molecule has 0 aliphatic carbocycles. The Bertz CT molecular complexity index is 120. The van der Waals surface area contributed by atoms with Gasteiger partial charge in [0.2, 0.25) is 0 Å². The lowest BCUT2D eigenvalue weighted by Crippen LogP contribution is -1.88. The zero-order valence-electron chi connectivity index (χ0n) is 9.19. The van der Waals surface area contributed by atoms with E-state index in [1.807, 2.05) is 0 Å². The van der Waals surface area contributed by atoms with E-state index in [-0.39, 0.29) is 0 Å². The zero-order valence-corrected chi connectivity index (χ0v) is 9.19. The fourth-order valence-corrected chi connectivity index (χ4v) is 1.43. The fraction of sp³-hybridized carbons (Fsp3) is 0.833. The zero-order chi connectivity index (χ0) is 9.40. The third-order valence-electron chi connectivity index (χ3n) is 2.39. The molecule has 0 heteroatoms. The van der Waals surface area contributed by atoms with Gasteiger partial charge >= 0.3 is 0 Å². The van der Waals surface area contributed by atoms with E-state index < -0.39 is 0 Å². The number of hydrogen-bond acceptors (Lipinski definition) is 0. The summed E-state index contributed by atoms with van der Waals surface area (Å²) in [6.45, 7) is 9.01. The van der Waals surface area contributed by atoms with Gasteiger partial charge in [-0.05, 0) is 32.1 Å². The molecule has 0 N–H and O–H groups in total. The number of allylic oxidation sites excluding steroid dienone is 2. The Hall–Kier alpha value is -0.260. The van der Waals surface area contributed by atoms with Crippen LogP contribution in [0.2, 0.25) is 0 Å². The molecule has 0 spiro atoms. The van der Waals surface area contributed by atoms with Gasteiger partial charge in [0, 0.05) is 0 Å². The Morgan fingerprint density at radius 2 is 1.92 bits per heavy atom. The second-order valence-corrected chi connectivity index (χ2v) is 3.94. The Balaban J connectivity index is 3.30. The summed E-state index contributed by atoms with van der Waals surface area (Å²) in [7, 11) is 0. The van der Waals surface area contributed by atoms with Gasteiger partial charge in [-0.15, -0.1) is 0 Å². The molecule has 0 aliphatic heterocycles. The van der Waals surface area contributed by atoms with Crippen LogP contribution in [0.1, 0.15) is 59.8 Å². The molecule has 0 unspecified atom stereocenters. The summed E-state index contributed by atoms with van der Waals surface area (Å²) in [4.78, 5) is 0. The van der Waals surface area contributed by atoms with Crippen molar-refractivity contribution in [1.29, 1.82) is 0 Å². The van der Waals surface area contributed by atoms with E-state index in [2.05, 4.69) is 33.8 Å². The lowest BCUT2D eigenvalue weighted by atomic mass is 10.0. The van der Waals surface area contributed by atoms with Gasteiger partial charge in [-0.3, -0.25) is 0 Å². The molecule has 0 fully saturated rings. The van der Waals surface area contributed by atoms with Crippen molar-refractivity contribution in [1.82, 2.24) is 0 Å². The molecule has 0 heterocycles. The molecule has 12 heavy (non-hydrogen) atoms. The van der Waals surface area contributed by atoms with Gasteiger partial charge in [0.05, 0.1) is 0 Å². The quantitative estimate of drug-likeness (QED) is 0.403. The summed E-state index contributed by atoms with van der Waals surface area (Å²) in [6, 6.07) is 0. The number of hydrogen-bond donors (Lipinski definition) is 0. The van der Waals surface area contributed by atoms with Crippen molar-refractivity contribution in [2.45, 2.75) is 59.8 Å². The predicted octanol–water partition coefficient (Wildman–Crippen LogP) is 4.56. The lowest BCUT2D eigenvalue weighted by molar-refractivity contribution is 0.536. The molecule has 0 amide bonds. The molecular weight excluding hydrogens is 144 g/mol. The molecule has 0 aromatic heterocycles. The van der Waals surface area contributed by atoms with Crippen LogP contribution in [-0.4, -0.2) is 0 Å². The average molecular weight is 168 g/mol. The van der Waals surface area contributed by atoms with Crippen LogP contribution in [0.3, 0.4) is 0 Å². The minimum absolute atomic E-state index is 0.876. The van der Waals surface area contributed by atoms with Crippen LogP contribution in [0.25, 0.3) is 0 Å². The van der Waals surface area contributed by atoms with Crippen LogP contribution in [0.4, 0.5) is 0 Å². The summed E-state index contributed by atoms with van der Waals surface area (Å²) in [5.41, 5.74) is 1.62. The first-order chi connectivity index (χ1) is 5.70. The summed E-state index contributed by atoms with van der Waals surface area (Å²) < 4.78 is 0. The number of unbranched alkanes of at least 4 members (excludes halogenated alkanes) is 1.